The summed E-state index contributed by atoms with van der Waals surface area (Å²) in [6.07, 6.45) is 2.14. The zero-order chi connectivity index (χ0) is 14.7. The summed E-state index contributed by atoms with van der Waals surface area (Å²) in [6.45, 7) is 3.95. The van der Waals surface area contributed by atoms with Crippen molar-refractivity contribution in [1.29, 1.82) is 0 Å². The van der Waals surface area contributed by atoms with Gasteiger partial charge in [0.05, 0.1) is 0 Å². The van der Waals surface area contributed by atoms with Gasteiger partial charge in [0, 0.05) is 23.5 Å². The van der Waals surface area contributed by atoms with Gasteiger partial charge in [-0.25, -0.2) is 4.98 Å². The number of hydrogen-bond donors (Lipinski definition) is 2. The van der Waals surface area contributed by atoms with Crippen molar-refractivity contribution in [1.82, 2.24) is 15.6 Å². The number of benzene rings is 1. The molecule has 1 fully saturated rings. The summed E-state index contributed by atoms with van der Waals surface area (Å²) in [5.74, 6) is -0.0710. The normalized spacial score (nSPS) is 18.4. The monoisotopic (exact) mass is 301 g/mol. The molecule has 0 saturated carbocycles. The Hall–Kier alpha value is -1.72. The Kier molecular flexibility index (Phi) is 4.31. The van der Waals surface area contributed by atoms with E-state index in [1.165, 1.54) is 16.9 Å². The van der Waals surface area contributed by atoms with E-state index in [4.69, 9.17) is 0 Å². The molecule has 5 heteroatoms. The fraction of sp³-hybridized carbons (Fsp3) is 0.375. The van der Waals surface area contributed by atoms with Crippen molar-refractivity contribution in [2.45, 2.75) is 25.8 Å². The second kappa shape index (κ2) is 6.37. The molecule has 0 spiro atoms. The Morgan fingerprint density at radius 1 is 1.38 bits per heavy atom. The number of aryl methyl sites for hydroxylation is 1. The molecule has 2 aromatic rings. The van der Waals surface area contributed by atoms with Crippen LogP contribution in [0.3, 0.4) is 0 Å². The summed E-state index contributed by atoms with van der Waals surface area (Å²) < 4.78 is 0. The predicted molar refractivity (Wildman–Crippen MR) is 85.6 cm³/mol. The maximum Gasteiger partial charge on any atom is 0.271 e. The number of rotatable bonds is 3. The lowest BCUT2D eigenvalue weighted by Gasteiger charge is -2.23. The lowest BCUT2D eigenvalue weighted by Crippen LogP contribution is -2.45. The van der Waals surface area contributed by atoms with E-state index >= 15 is 0 Å². The molecule has 4 nitrogen and oxygen atoms in total. The minimum absolute atomic E-state index is 0.0710. The van der Waals surface area contributed by atoms with Gasteiger partial charge in [0.25, 0.3) is 5.91 Å². The number of thiazole rings is 1. The van der Waals surface area contributed by atoms with E-state index in [1.807, 2.05) is 17.5 Å². The van der Waals surface area contributed by atoms with Gasteiger partial charge in [-0.2, -0.15) is 0 Å². The molecule has 1 aromatic heterocycles. The van der Waals surface area contributed by atoms with Gasteiger partial charge in [-0.15, -0.1) is 11.3 Å². The molecule has 1 amide bonds. The van der Waals surface area contributed by atoms with Crippen LogP contribution in [0.15, 0.2) is 29.6 Å². The third-order valence-corrected chi connectivity index (χ3v) is 4.56. The van der Waals surface area contributed by atoms with Gasteiger partial charge in [-0.3, -0.25) is 4.79 Å². The largest absolute Gasteiger partial charge is 0.347 e. The molecule has 0 aliphatic carbocycles. The summed E-state index contributed by atoms with van der Waals surface area (Å²) in [4.78, 5) is 16.7. The Morgan fingerprint density at radius 2 is 2.19 bits per heavy atom. The van der Waals surface area contributed by atoms with Crippen LogP contribution in [0.2, 0.25) is 0 Å². The Labute approximate surface area is 128 Å². The van der Waals surface area contributed by atoms with E-state index in [2.05, 4.69) is 34.7 Å². The molecular weight excluding hydrogens is 282 g/mol. The molecule has 1 saturated heterocycles. The number of nitrogens with one attached hydrogen (secondary N) is 2. The van der Waals surface area contributed by atoms with E-state index in [1.54, 1.807) is 0 Å². The maximum absolute atomic E-state index is 12.2. The SMILES string of the molecule is Cc1ccc(-c2nc(C(=O)N[C@H]3CCCNC3)cs2)cc1. The quantitative estimate of drug-likeness (QED) is 0.916. The smallest absolute Gasteiger partial charge is 0.271 e. The zero-order valence-corrected chi connectivity index (χ0v) is 12.9. The first-order valence-corrected chi connectivity index (χ1v) is 8.14. The summed E-state index contributed by atoms with van der Waals surface area (Å²) >= 11 is 1.51. The molecule has 3 rings (SSSR count). The van der Waals surface area contributed by atoms with Gasteiger partial charge in [0.15, 0.2) is 0 Å². The number of carbonyl (C=O) groups excluding carboxylic acids is 1. The number of aromatic nitrogens is 1. The summed E-state index contributed by atoms with van der Waals surface area (Å²) in [5, 5.41) is 9.07. The number of carbonyl (C=O) groups is 1. The molecule has 0 bridgehead atoms. The Balaban J connectivity index is 1.69. The van der Waals surface area contributed by atoms with Gasteiger partial charge in [-0.1, -0.05) is 29.8 Å². The molecule has 2 N–H and O–H groups in total. The molecule has 1 aliphatic rings. The molecule has 21 heavy (non-hydrogen) atoms. The van der Waals surface area contributed by atoms with Gasteiger partial charge < -0.3 is 10.6 Å². The van der Waals surface area contributed by atoms with Crippen molar-refractivity contribution in [3.05, 3.63) is 40.9 Å². The van der Waals surface area contributed by atoms with E-state index < -0.39 is 0 Å². The van der Waals surface area contributed by atoms with Gasteiger partial charge in [0.1, 0.15) is 10.7 Å². The van der Waals surface area contributed by atoms with Crippen LogP contribution in [-0.2, 0) is 0 Å². The van der Waals surface area contributed by atoms with Crippen LogP contribution in [0.25, 0.3) is 10.6 Å². The summed E-state index contributed by atoms with van der Waals surface area (Å²) in [6, 6.07) is 8.42. The first-order chi connectivity index (χ1) is 10.2. The lowest BCUT2D eigenvalue weighted by molar-refractivity contribution is 0.0926. The highest BCUT2D eigenvalue weighted by Crippen LogP contribution is 2.24. The number of amides is 1. The highest BCUT2D eigenvalue weighted by Gasteiger charge is 2.18. The van der Waals surface area contributed by atoms with Crippen molar-refractivity contribution in [2.24, 2.45) is 0 Å². The molecule has 1 aliphatic heterocycles. The molecule has 2 heterocycles. The Bertz CT molecular complexity index is 615. The van der Waals surface area contributed by atoms with Crippen LogP contribution in [0.4, 0.5) is 0 Å². The topological polar surface area (TPSA) is 54.0 Å². The second-order valence-corrected chi connectivity index (χ2v) is 6.28. The van der Waals surface area contributed by atoms with Crippen LogP contribution in [-0.4, -0.2) is 30.0 Å². The highest BCUT2D eigenvalue weighted by atomic mass is 32.1. The van der Waals surface area contributed by atoms with E-state index in [-0.39, 0.29) is 11.9 Å². The summed E-state index contributed by atoms with van der Waals surface area (Å²) in [5.41, 5.74) is 2.79. The third kappa shape index (κ3) is 3.49. The first kappa shape index (κ1) is 14.2. The predicted octanol–water partition coefficient (Wildman–Crippen LogP) is 2.60. The fourth-order valence-electron chi connectivity index (χ4n) is 2.44. The van der Waals surface area contributed by atoms with Gasteiger partial charge in [0.2, 0.25) is 0 Å². The van der Waals surface area contributed by atoms with Crippen molar-refractivity contribution in [2.75, 3.05) is 13.1 Å². The molecule has 0 unspecified atom stereocenters. The third-order valence-electron chi connectivity index (χ3n) is 3.67. The lowest BCUT2D eigenvalue weighted by atomic mass is 10.1. The van der Waals surface area contributed by atoms with Crippen molar-refractivity contribution >= 4 is 17.2 Å². The van der Waals surface area contributed by atoms with Gasteiger partial charge in [-0.05, 0) is 26.3 Å². The summed E-state index contributed by atoms with van der Waals surface area (Å²) in [7, 11) is 0. The molecular formula is C16H19N3OS. The van der Waals surface area contributed by atoms with Crippen LogP contribution in [0.5, 0.6) is 0 Å². The van der Waals surface area contributed by atoms with Crippen molar-refractivity contribution < 1.29 is 4.79 Å². The average Bonchev–Trinajstić information content (AvgIpc) is 2.99. The van der Waals surface area contributed by atoms with Crippen LogP contribution >= 0.6 is 11.3 Å². The Morgan fingerprint density at radius 3 is 2.90 bits per heavy atom. The molecule has 1 atom stereocenters. The molecule has 110 valence electrons. The van der Waals surface area contributed by atoms with E-state index in [9.17, 15) is 4.79 Å². The second-order valence-electron chi connectivity index (χ2n) is 5.42. The van der Waals surface area contributed by atoms with Gasteiger partial charge >= 0.3 is 0 Å². The standard InChI is InChI=1S/C16H19N3OS/c1-11-4-6-12(7-5-11)16-19-14(10-21-16)15(20)18-13-3-2-8-17-9-13/h4-7,10,13,17H,2-3,8-9H2,1H3,(H,18,20)/t13-/m0/s1. The van der Waals surface area contributed by atoms with Crippen molar-refractivity contribution in [3.8, 4) is 10.6 Å². The average molecular weight is 301 g/mol. The van der Waals surface area contributed by atoms with Crippen LogP contribution in [0.1, 0.15) is 28.9 Å². The highest BCUT2D eigenvalue weighted by molar-refractivity contribution is 7.13. The fourth-order valence-corrected chi connectivity index (χ4v) is 3.25. The maximum atomic E-state index is 12.2. The minimum atomic E-state index is -0.0710. The molecule has 0 radical (unpaired) electrons. The van der Waals surface area contributed by atoms with Crippen molar-refractivity contribution in [3.63, 3.8) is 0 Å². The zero-order valence-electron chi connectivity index (χ0n) is 12.1. The number of hydrogen-bond acceptors (Lipinski definition) is 4. The van der Waals surface area contributed by atoms with Crippen LogP contribution in [0, 0.1) is 6.92 Å². The first-order valence-electron chi connectivity index (χ1n) is 7.26. The van der Waals surface area contributed by atoms with E-state index in [0.29, 0.717) is 5.69 Å². The number of piperidine rings is 1. The van der Waals surface area contributed by atoms with Crippen LogP contribution < -0.4 is 10.6 Å². The number of nitrogens with zero attached hydrogens (tertiary/aromatic N) is 1. The van der Waals surface area contributed by atoms with E-state index in [0.717, 1.165) is 36.5 Å². The minimum Gasteiger partial charge on any atom is -0.347 e. The molecule has 1 aromatic carbocycles.